The maximum absolute atomic E-state index is 12.6. The number of anilines is 2. The molecule has 0 saturated carbocycles. The first-order valence-corrected chi connectivity index (χ1v) is 12.3. The van der Waals surface area contributed by atoms with Gasteiger partial charge in [0.25, 0.3) is 0 Å². The molecule has 9 heteroatoms. The lowest BCUT2D eigenvalue weighted by Gasteiger charge is -2.13. The van der Waals surface area contributed by atoms with E-state index in [0.717, 1.165) is 16.8 Å². The summed E-state index contributed by atoms with van der Waals surface area (Å²) in [6.07, 6.45) is 1.73. The van der Waals surface area contributed by atoms with E-state index in [9.17, 15) is 9.59 Å². The molecular formula is C25H28ClN5O2S. The Bertz CT molecular complexity index is 1190. The van der Waals surface area contributed by atoms with Crippen LogP contribution in [0.25, 0.3) is 0 Å². The minimum absolute atomic E-state index is 0.0286. The molecule has 34 heavy (non-hydrogen) atoms. The first kappa shape index (κ1) is 25.5. The number of nitrogens with zero attached hydrogens (tertiary/aromatic N) is 3. The van der Waals surface area contributed by atoms with Gasteiger partial charge < -0.3 is 15.2 Å². The Labute approximate surface area is 209 Å². The highest BCUT2D eigenvalue weighted by molar-refractivity contribution is 7.99. The number of nitrogens with one attached hydrogen (secondary N) is 2. The molecule has 3 aromatic rings. The number of para-hydroxylation sites is 1. The lowest BCUT2D eigenvalue weighted by Crippen LogP contribution is -2.18. The summed E-state index contributed by atoms with van der Waals surface area (Å²) >= 11 is 7.40. The molecule has 7 nitrogen and oxygen atoms in total. The van der Waals surface area contributed by atoms with Gasteiger partial charge in [-0.25, -0.2) is 0 Å². The Morgan fingerprint density at radius 3 is 2.62 bits per heavy atom. The Kier molecular flexibility index (Phi) is 8.90. The van der Waals surface area contributed by atoms with Crippen molar-refractivity contribution in [2.75, 3.05) is 16.4 Å². The molecule has 0 aliphatic carbocycles. The summed E-state index contributed by atoms with van der Waals surface area (Å²) in [7, 11) is 0. The number of thioether (sulfide) groups is 1. The third-order valence-corrected chi connectivity index (χ3v) is 6.44. The number of aromatic nitrogens is 3. The number of benzene rings is 2. The fraction of sp³-hybridized carbons (Fsp3) is 0.280. The third-order valence-electron chi connectivity index (χ3n) is 5.07. The first-order valence-electron chi connectivity index (χ1n) is 10.9. The van der Waals surface area contributed by atoms with Crippen LogP contribution in [-0.4, -0.2) is 32.3 Å². The molecule has 0 radical (unpaired) electrons. The molecule has 178 valence electrons. The predicted octanol–water partition coefficient (Wildman–Crippen LogP) is 5.46. The molecule has 2 amide bonds. The Morgan fingerprint density at radius 1 is 1.15 bits per heavy atom. The van der Waals surface area contributed by atoms with E-state index in [1.54, 1.807) is 22.8 Å². The average Bonchev–Trinajstić information content (AvgIpc) is 3.16. The summed E-state index contributed by atoms with van der Waals surface area (Å²) in [6.45, 7) is 10.3. The van der Waals surface area contributed by atoms with Gasteiger partial charge >= 0.3 is 0 Å². The zero-order valence-electron chi connectivity index (χ0n) is 19.5. The molecule has 1 heterocycles. The molecule has 1 aromatic heterocycles. The van der Waals surface area contributed by atoms with E-state index in [1.807, 2.05) is 37.3 Å². The zero-order chi connectivity index (χ0) is 24.7. The monoisotopic (exact) mass is 497 g/mol. The van der Waals surface area contributed by atoms with E-state index in [-0.39, 0.29) is 24.0 Å². The van der Waals surface area contributed by atoms with E-state index >= 15 is 0 Å². The van der Waals surface area contributed by atoms with Crippen molar-refractivity contribution in [3.05, 3.63) is 77.1 Å². The molecule has 0 unspecified atom stereocenters. The molecule has 0 aliphatic heterocycles. The second-order valence-electron chi connectivity index (χ2n) is 8.07. The summed E-state index contributed by atoms with van der Waals surface area (Å²) in [4.78, 5) is 25.2. The number of rotatable bonds is 10. The van der Waals surface area contributed by atoms with Gasteiger partial charge in [0, 0.05) is 22.9 Å². The predicted molar refractivity (Wildman–Crippen MR) is 139 cm³/mol. The number of halogens is 1. The molecule has 0 fully saturated rings. The lowest BCUT2D eigenvalue weighted by atomic mass is 10.0. The molecule has 0 aliphatic rings. The van der Waals surface area contributed by atoms with E-state index in [4.69, 9.17) is 11.6 Å². The molecule has 2 aromatic carbocycles. The van der Waals surface area contributed by atoms with Gasteiger partial charge in [-0.15, -0.1) is 16.8 Å². The number of carbonyl (C=O) groups excluding carboxylic acids is 2. The number of hydrogen-bond donors (Lipinski definition) is 2. The highest BCUT2D eigenvalue weighted by Gasteiger charge is 2.17. The van der Waals surface area contributed by atoms with Gasteiger partial charge in [0.15, 0.2) is 5.16 Å². The second kappa shape index (κ2) is 11.9. The quantitative estimate of drug-likeness (QED) is 0.287. The van der Waals surface area contributed by atoms with Crippen LogP contribution in [-0.2, 0) is 22.6 Å². The van der Waals surface area contributed by atoms with Gasteiger partial charge in [-0.1, -0.05) is 67.6 Å². The lowest BCUT2D eigenvalue weighted by molar-refractivity contribution is -0.116. The second-order valence-corrected chi connectivity index (χ2v) is 9.42. The summed E-state index contributed by atoms with van der Waals surface area (Å²) < 4.78 is 1.79. The number of amides is 2. The standard InChI is InChI=1S/C25H28ClN5O2S/c1-5-12-31-22(14-23(32)27-18-11-10-17(4)20(26)13-18)29-30-25(31)34-15-24(33)28-21-9-7-6-8-19(21)16(2)3/h5-11,13,16H,1,12,14-15H2,2-4H3,(H,27,32)(H,28,33). The van der Waals surface area contributed by atoms with Crippen LogP contribution in [0.1, 0.15) is 36.7 Å². The fourth-order valence-electron chi connectivity index (χ4n) is 3.32. The highest BCUT2D eigenvalue weighted by atomic mass is 35.5. The van der Waals surface area contributed by atoms with Gasteiger partial charge in [-0.05, 0) is 42.2 Å². The first-order chi connectivity index (χ1) is 16.3. The van der Waals surface area contributed by atoms with Crippen LogP contribution >= 0.6 is 23.4 Å². The van der Waals surface area contributed by atoms with E-state index in [2.05, 4.69) is 41.3 Å². The third kappa shape index (κ3) is 6.71. The fourth-order valence-corrected chi connectivity index (χ4v) is 4.27. The van der Waals surface area contributed by atoms with Crippen molar-refractivity contribution in [3.63, 3.8) is 0 Å². The van der Waals surface area contributed by atoms with Crippen LogP contribution in [0.15, 0.2) is 60.3 Å². The van der Waals surface area contributed by atoms with Gasteiger partial charge in [0.2, 0.25) is 11.8 Å². The largest absolute Gasteiger partial charge is 0.326 e. The normalized spacial score (nSPS) is 10.9. The Morgan fingerprint density at radius 2 is 1.91 bits per heavy atom. The van der Waals surface area contributed by atoms with E-state index < -0.39 is 0 Å². The maximum atomic E-state index is 12.6. The van der Waals surface area contributed by atoms with Gasteiger partial charge in [-0.3, -0.25) is 9.59 Å². The molecule has 0 bridgehead atoms. The van der Waals surface area contributed by atoms with Crippen molar-refractivity contribution >= 4 is 46.6 Å². The minimum atomic E-state index is -0.239. The van der Waals surface area contributed by atoms with Crippen LogP contribution in [0.3, 0.4) is 0 Å². The molecule has 0 saturated heterocycles. The van der Waals surface area contributed by atoms with Crippen molar-refractivity contribution in [1.29, 1.82) is 0 Å². The zero-order valence-corrected chi connectivity index (χ0v) is 21.0. The van der Waals surface area contributed by atoms with Crippen molar-refractivity contribution < 1.29 is 9.59 Å². The SMILES string of the molecule is C=CCn1c(CC(=O)Nc2ccc(C)c(Cl)c2)nnc1SCC(=O)Nc1ccccc1C(C)C. The summed E-state index contributed by atoms with van der Waals surface area (Å²) in [5.41, 5.74) is 3.44. The molecule has 0 spiro atoms. The van der Waals surface area contributed by atoms with Crippen molar-refractivity contribution in [2.45, 2.75) is 44.8 Å². The van der Waals surface area contributed by atoms with Crippen molar-refractivity contribution in [1.82, 2.24) is 14.8 Å². The topological polar surface area (TPSA) is 88.9 Å². The van der Waals surface area contributed by atoms with E-state index in [0.29, 0.717) is 34.2 Å². The van der Waals surface area contributed by atoms with Gasteiger partial charge in [-0.2, -0.15) is 0 Å². The number of hydrogen-bond acceptors (Lipinski definition) is 5. The van der Waals surface area contributed by atoms with Crippen LogP contribution in [0.5, 0.6) is 0 Å². The number of carbonyl (C=O) groups is 2. The maximum Gasteiger partial charge on any atom is 0.234 e. The average molecular weight is 498 g/mol. The minimum Gasteiger partial charge on any atom is -0.326 e. The summed E-state index contributed by atoms with van der Waals surface area (Å²) in [5, 5.41) is 15.3. The van der Waals surface area contributed by atoms with Crippen molar-refractivity contribution in [3.8, 4) is 0 Å². The molecule has 2 N–H and O–H groups in total. The van der Waals surface area contributed by atoms with Crippen molar-refractivity contribution in [2.24, 2.45) is 0 Å². The van der Waals surface area contributed by atoms with Gasteiger partial charge in [0.1, 0.15) is 5.82 Å². The molecule has 0 atom stereocenters. The Hall–Kier alpha value is -3.10. The summed E-state index contributed by atoms with van der Waals surface area (Å²) in [5.74, 6) is 0.572. The van der Waals surface area contributed by atoms with Crippen LogP contribution < -0.4 is 10.6 Å². The highest BCUT2D eigenvalue weighted by Crippen LogP contribution is 2.25. The van der Waals surface area contributed by atoms with Crippen LogP contribution in [0.2, 0.25) is 5.02 Å². The molecular weight excluding hydrogens is 470 g/mol. The van der Waals surface area contributed by atoms with Crippen LogP contribution in [0, 0.1) is 6.92 Å². The van der Waals surface area contributed by atoms with Crippen LogP contribution in [0.4, 0.5) is 11.4 Å². The molecule has 3 rings (SSSR count). The number of aryl methyl sites for hydroxylation is 1. The number of allylic oxidation sites excluding steroid dienone is 1. The van der Waals surface area contributed by atoms with E-state index in [1.165, 1.54) is 11.8 Å². The smallest absolute Gasteiger partial charge is 0.234 e. The summed E-state index contributed by atoms with van der Waals surface area (Å²) in [6, 6.07) is 13.1. The Balaban J connectivity index is 1.64. The van der Waals surface area contributed by atoms with Gasteiger partial charge in [0.05, 0.1) is 12.2 Å².